The summed E-state index contributed by atoms with van der Waals surface area (Å²) in [6.45, 7) is 1.89. The fraction of sp³-hybridized carbons (Fsp3) is 0.320. The Balaban J connectivity index is 1.49. The molecule has 5 heteroatoms. The lowest BCUT2D eigenvalue weighted by molar-refractivity contribution is -0.121. The van der Waals surface area contributed by atoms with Gasteiger partial charge in [0.15, 0.2) is 0 Å². The van der Waals surface area contributed by atoms with Crippen molar-refractivity contribution < 1.29 is 4.79 Å². The summed E-state index contributed by atoms with van der Waals surface area (Å²) in [5.74, 6) is 0.131. The Morgan fingerprint density at radius 3 is 2.40 bits per heavy atom. The predicted octanol–water partition coefficient (Wildman–Crippen LogP) is 4.89. The quantitative estimate of drug-likeness (QED) is 0.599. The van der Waals surface area contributed by atoms with Gasteiger partial charge in [-0.05, 0) is 47.6 Å². The summed E-state index contributed by atoms with van der Waals surface area (Å²) in [7, 11) is 1.78. The van der Waals surface area contributed by atoms with Gasteiger partial charge in [-0.2, -0.15) is 5.10 Å². The van der Waals surface area contributed by atoms with Crippen molar-refractivity contribution in [3.63, 3.8) is 0 Å². The monoisotopic (exact) mass is 400 g/mol. The summed E-state index contributed by atoms with van der Waals surface area (Å²) in [4.78, 5) is 15.8. The van der Waals surface area contributed by atoms with E-state index in [2.05, 4.69) is 74.7 Å². The summed E-state index contributed by atoms with van der Waals surface area (Å²) in [5, 5.41) is 7.74. The van der Waals surface area contributed by atoms with E-state index in [9.17, 15) is 4.79 Å². The highest BCUT2D eigenvalue weighted by Gasteiger charge is 2.28. The van der Waals surface area contributed by atoms with E-state index in [0.717, 1.165) is 36.1 Å². The van der Waals surface area contributed by atoms with Crippen LogP contribution in [-0.4, -0.2) is 35.0 Å². The van der Waals surface area contributed by atoms with Crippen LogP contribution in [0.25, 0.3) is 22.4 Å². The molecule has 1 aliphatic rings. The van der Waals surface area contributed by atoms with Gasteiger partial charge >= 0.3 is 0 Å². The Hall–Kier alpha value is -3.21. The first kappa shape index (κ1) is 20.1. The van der Waals surface area contributed by atoms with Crippen LogP contribution in [0.3, 0.4) is 0 Å². The zero-order valence-electron chi connectivity index (χ0n) is 17.6. The van der Waals surface area contributed by atoms with E-state index in [1.807, 2.05) is 19.3 Å². The molecule has 2 unspecified atom stereocenters. The average Bonchev–Trinajstić information content (AvgIpc) is 3.44. The van der Waals surface area contributed by atoms with Crippen LogP contribution in [0, 0.1) is 0 Å². The molecule has 2 atom stereocenters. The van der Waals surface area contributed by atoms with E-state index in [4.69, 9.17) is 0 Å². The average molecular weight is 401 g/mol. The molecule has 154 valence electrons. The van der Waals surface area contributed by atoms with Crippen LogP contribution in [0.5, 0.6) is 0 Å². The number of carbonyl (C=O) groups is 1. The maximum absolute atomic E-state index is 11.7. The molecule has 0 radical (unpaired) electrons. The van der Waals surface area contributed by atoms with Gasteiger partial charge in [0.1, 0.15) is 0 Å². The summed E-state index contributed by atoms with van der Waals surface area (Å²) in [5.41, 5.74) is 5.77. The Kier molecular flexibility index (Phi) is 6.07. The van der Waals surface area contributed by atoms with Crippen LogP contribution in [-0.2, 0) is 4.79 Å². The number of nitrogens with one attached hydrogen (secondary N) is 1. The molecule has 1 amide bonds. The van der Waals surface area contributed by atoms with E-state index < -0.39 is 0 Å². The van der Waals surface area contributed by atoms with Crippen molar-refractivity contribution in [3.8, 4) is 22.4 Å². The summed E-state index contributed by atoms with van der Waals surface area (Å²) < 4.78 is 2.13. The molecule has 1 N–H and O–H groups in total. The van der Waals surface area contributed by atoms with Crippen LogP contribution in [0.2, 0.25) is 0 Å². The summed E-state index contributed by atoms with van der Waals surface area (Å²) in [6, 6.07) is 19.7. The second-order valence-corrected chi connectivity index (χ2v) is 7.83. The smallest absolute Gasteiger partial charge is 0.219 e. The van der Waals surface area contributed by atoms with Crippen molar-refractivity contribution >= 4 is 12.1 Å². The lowest BCUT2D eigenvalue weighted by Gasteiger charge is -2.16. The van der Waals surface area contributed by atoms with Crippen molar-refractivity contribution in [2.75, 3.05) is 7.05 Å². The van der Waals surface area contributed by atoms with Crippen molar-refractivity contribution in [2.24, 2.45) is 4.99 Å². The van der Waals surface area contributed by atoms with Crippen LogP contribution < -0.4 is 5.32 Å². The normalized spacial score (nSPS) is 18.7. The van der Waals surface area contributed by atoms with E-state index >= 15 is 0 Å². The van der Waals surface area contributed by atoms with Crippen molar-refractivity contribution in [1.29, 1.82) is 0 Å². The van der Waals surface area contributed by atoms with Crippen LogP contribution in [0.4, 0.5) is 0 Å². The maximum atomic E-state index is 11.7. The molecule has 0 spiro atoms. The third-order valence-electron chi connectivity index (χ3n) is 5.81. The van der Waals surface area contributed by atoms with Gasteiger partial charge in [-0.3, -0.25) is 14.5 Å². The Morgan fingerprint density at radius 1 is 1.07 bits per heavy atom. The molecule has 3 aromatic rings. The van der Waals surface area contributed by atoms with Gasteiger partial charge in [0.05, 0.1) is 11.7 Å². The largest absolute Gasteiger partial charge is 0.353 e. The first-order valence-corrected chi connectivity index (χ1v) is 10.6. The number of amides is 1. The molecule has 0 bridgehead atoms. The second kappa shape index (κ2) is 9.08. The highest BCUT2D eigenvalue weighted by Crippen LogP contribution is 2.34. The molecular weight excluding hydrogens is 372 g/mol. The number of nitrogens with zero attached hydrogens (tertiary/aromatic N) is 3. The number of carbonyl (C=O) groups excluding carboxylic acids is 1. The molecule has 30 heavy (non-hydrogen) atoms. The van der Waals surface area contributed by atoms with Gasteiger partial charge < -0.3 is 5.32 Å². The van der Waals surface area contributed by atoms with Gasteiger partial charge in [0.2, 0.25) is 5.91 Å². The number of aromatic nitrogens is 2. The SMILES string of the molecule is CCC(=O)NC1CCC(n2nccc2-c2ccc(-c3ccc(C=NC)cc3)cc2)C1. The van der Waals surface area contributed by atoms with Gasteiger partial charge in [0, 0.05) is 31.9 Å². The van der Waals surface area contributed by atoms with E-state index in [0.29, 0.717) is 12.5 Å². The van der Waals surface area contributed by atoms with E-state index in [1.54, 1.807) is 7.05 Å². The van der Waals surface area contributed by atoms with Gasteiger partial charge in [-0.25, -0.2) is 0 Å². The number of benzene rings is 2. The standard InChI is InChI=1S/C25H28N4O/c1-3-25(30)28-22-12-13-23(16-22)29-24(14-15-27-29)21-10-8-20(9-11-21)19-6-4-18(5-7-19)17-26-2/h4-11,14-15,17,22-23H,3,12-13,16H2,1-2H3,(H,28,30). The van der Waals surface area contributed by atoms with Crippen molar-refractivity contribution in [1.82, 2.24) is 15.1 Å². The fourth-order valence-electron chi connectivity index (χ4n) is 4.22. The molecular formula is C25H28N4O. The maximum Gasteiger partial charge on any atom is 0.219 e. The summed E-state index contributed by atoms with van der Waals surface area (Å²) in [6.07, 6.45) is 7.24. The van der Waals surface area contributed by atoms with Crippen molar-refractivity contribution in [2.45, 2.75) is 44.7 Å². The molecule has 1 aliphatic carbocycles. The molecule has 1 saturated carbocycles. The highest BCUT2D eigenvalue weighted by molar-refractivity contribution is 5.81. The van der Waals surface area contributed by atoms with Gasteiger partial charge in [-0.15, -0.1) is 0 Å². The van der Waals surface area contributed by atoms with Crippen molar-refractivity contribution in [3.05, 3.63) is 66.4 Å². The number of hydrogen-bond acceptors (Lipinski definition) is 3. The molecule has 0 aliphatic heterocycles. The van der Waals surface area contributed by atoms with Crippen LogP contribution in [0.15, 0.2) is 65.8 Å². The van der Waals surface area contributed by atoms with Crippen LogP contribution in [0.1, 0.15) is 44.2 Å². The first-order valence-electron chi connectivity index (χ1n) is 10.6. The molecule has 1 heterocycles. The lowest BCUT2D eigenvalue weighted by Crippen LogP contribution is -2.32. The zero-order valence-corrected chi connectivity index (χ0v) is 17.6. The van der Waals surface area contributed by atoms with Crippen LogP contribution >= 0.6 is 0 Å². The first-order chi connectivity index (χ1) is 14.7. The number of aliphatic imine (C=N–C) groups is 1. The van der Waals surface area contributed by atoms with Gasteiger partial charge in [-0.1, -0.05) is 55.5 Å². The number of rotatable bonds is 6. The minimum Gasteiger partial charge on any atom is -0.353 e. The minimum absolute atomic E-state index is 0.131. The molecule has 1 aromatic heterocycles. The van der Waals surface area contributed by atoms with E-state index in [-0.39, 0.29) is 11.9 Å². The lowest BCUT2D eigenvalue weighted by atomic mass is 10.0. The Labute approximate surface area is 177 Å². The fourth-order valence-corrected chi connectivity index (χ4v) is 4.22. The second-order valence-electron chi connectivity index (χ2n) is 7.83. The Morgan fingerprint density at radius 2 is 1.73 bits per heavy atom. The highest BCUT2D eigenvalue weighted by atomic mass is 16.1. The topological polar surface area (TPSA) is 59.3 Å². The van der Waals surface area contributed by atoms with E-state index in [1.165, 1.54) is 11.1 Å². The third-order valence-corrected chi connectivity index (χ3v) is 5.81. The number of hydrogen-bond donors (Lipinski definition) is 1. The Bertz CT molecular complexity index is 1020. The minimum atomic E-state index is 0.131. The molecule has 1 fully saturated rings. The molecule has 0 saturated heterocycles. The summed E-state index contributed by atoms with van der Waals surface area (Å²) >= 11 is 0. The zero-order chi connectivity index (χ0) is 20.9. The molecule has 2 aromatic carbocycles. The van der Waals surface area contributed by atoms with Gasteiger partial charge in [0.25, 0.3) is 0 Å². The molecule has 4 rings (SSSR count). The molecule has 5 nitrogen and oxygen atoms in total. The predicted molar refractivity (Wildman–Crippen MR) is 122 cm³/mol. The third kappa shape index (κ3) is 4.35.